The van der Waals surface area contributed by atoms with Gasteiger partial charge in [0.25, 0.3) is 0 Å². The van der Waals surface area contributed by atoms with Gasteiger partial charge in [0.15, 0.2) is 0 Å². The fourth-order valence-corrected chi connectivity index (χ4v) is 14.3. The van der Waals surface area contributed by atoms with Crippen molar-refractivity contribution in [1.82, 2.24) is 0 Å². The zero-order chi connectivity index (χ0) is 50.0. The zero-order valence-electron chi connectivity index (χ0n) is 41.8. The van der Waals surface area contributed by atoms with Crippen LogP contribution < -0.4 is 4.90 Å². The molecule has 4 aliphatic rings. The van der Waals surface area contributed by atoms with Gasteiger partial charge in [0.05, 0.1) is 16.5 Å². The highest BCUT2D eigenvalue weighted by Crippen LogP contribution is 2.65. The third-order valence-corrected chi connectivity index (χ3v) is 17.4. The molecule has 0 bridgehead atoms. The number of benzene rings is 12. The van der Waals surface area contributed by atoms with Crippen molar-refractivity contribution in [3.8, 4) is 66.8 Å². The Bertz CT molecular complexity index is 4170. The van der Waals surface area contributed by atoms with Crippen LogP contribution in [0.15, 0.2) is 285 Å². The molecule has 12 aromatic rings. The van der Waals surface area contributed by atoms with Crippen molar-refractivity contribution in [2.24, 2.45) is 0 Å². The summed E-state index contributed by atoms with van der Waals surface area (Å²) in [6.45, 7) is 0. The highest BCUT2D eigenvalue weighted by Gasteiger charge is 2.53. The van der Waals surface area contributed by atoms with Gasteiger partial charge in [-0.15, -0.1) is 0 Å². The maximum Gasteiger partial charge on any atom is 0.0726 e. The van der Waals surface area contributed by atoms with Crippen LogP contribution in [-0.4, -0.2) is 0 Å². The predicted molar refractivity (Wildman–Crippen MR) is 314 cm³/mol. The van der Waals surface area contributed by atoms with E-state index in [-0.39, 0.29) is 0 Å². The normalized spacial score (nSPS) is 13.9. The second kappa shape index (κ2) is 16.5. The van der Waals surface area contributed by atoms with E-state index in [1.54, 1.807) is 0 Å². The Balaban J connectivity index is 0.948. The first-order chi connectivity index (χ1) is 37.7. The van der Waals surface area contributed by atoms with Gasteiger partial charge in [-0.05, 0) is 154 Å². The Hall–Kier alpha value is -9.56. The standard InChI is InChI=1S/C75H49N/c1-3-18-49(19-4-1)51-34-39-55(40-35-51)74(56-41-36-52(37-42-56)50-20-5-2-6-21-50)66-28-13-11-26-62(66)65-48-58(44-45-70(65)74)76(57-43-38-54-46-53-22-7-8-23-59(53)64(54)47-57)72-33-17-32-71-73(72)63-27-12-16-31-69(63)75(71)67-29-14-9-24-60(67)61-25-10-15-30-68(61)75/h1-45,47-48H,46H2. The van der Waals surface area contributed by atoms with E-state index in [4.69, 9.17) is 0 Å². The van der Waals surface area contributed by atoms with Crippen molar-refractivity contribution in [2.45, 2.75) is 17.3 Å². The Morgan fingerprint density at radius 1 is 0.250 bits per heavy atom. The van der Waals surface area contributed by atoms with Crippen molar-refractivity contribution >= 4 is 17.1 Å². The van der Waals surface area contributed by atoms with Crippen molar-refractivity contribution < 1.29 is 0 Å². The number of nitrogens with zero attached hydrogens (tertiary/aromatic N) is 1. The molecule has 0 amide bonds. The van der Waals surface area contributed by atoms with E-state index in [2.05, 4.69) is 290 Å². The summed E-state index contributed by atoms with van der Waals surface area (Å²) >= 11 is 0. The molecule has 0 atom stereocenters. The van der Waals surface area contributed by atoms with Crippen molar-refractivity contribution in [1.29, 1.82) is 0 Å². The Morgan fingerprint density at radius 2 is 0.658 bits per heavy atom. The second-order valence-corrected chi connectivity index (χ2v) is 21.0. The van der Waals surface area contributed by atoms with Crippen LogP contribution in [0.3, 0.4) is 0 Å². The molecule has 1 spiro atoms. The Kier molecular flexibility index (Phi) is 9.30. The van der Waals surface area contributed by atoms with Crippen molar-refractivity contribution in [2.75, 3.05) is 4.90 Å². The van der Waals surface area contributed by atoms with E-state index in [9.17, 15) is 0 Å². The van der Waals surface area contributed by atoms with Gasteiger partial charge in [0.2, 0.25) is 0 Å². The van der Waals surface area contributed by atoms with E-state index in [1.807, 2.05) is 0 Å². The molecule has 0 radical (unpaired) electrons. The zero-order valence-corrected chi connectivity index (χ0v) is 41.8. The lowest BCUT2D eigenvalue weighted by Crippen LogP contribution is -2.28. The smallest absolute Gasteiger partial charge is 0.0726 e. The maximum atomic E-state index is 2.58. The minimum Gasteiger partial charge on any atom is -0.310 e. The molecule has 0 heterocycles. The molecule has 0 unspecified atom stereocenters. The van der Waals surface area contributed by atoms with Crippen LogP contribution in [0.2, 0.25) is 0 Å². The highest BCUT2D eigenvalue weighted by atomic mass is 15.1. The molecule has 0 N–H and O–H groups in total. The molecule has 1 heteroatoms. The van der Waals surface area contributed by atoms with Crippen LogP contribution in [-0.2, 0) is 17.3 Å². The van der Waals surface area contributed by atoms with E-state index in [1.165, 1.54) is 128 Å². The van der Waals surface area contributed by atoms with Crippen LogP contribution in [0.1, 0.15) is 55.6 Å². The summed E-state index contributed by atoms with van der Waals surface area (Å²) in [5.74, 6) is 0. The summed E-state index contributed by atoms with van der Waals surface area (Å²) in [6, 6.07) is 107. The number of hydrogen-bond donors (Lipinski definition) is 0. The number of fused-ring (bicyclic) bond motifs is 16. The van der Waals surface area contributed by atoms with E-state index >= 15 is 0 Å². The minimum absolute atomic E-state index is 0.472. The largest absolute Gasteiger partial charge is 0.310 e. The molecule has 12 aromatic carbocycles. The van der Waals surface area contributed by atoms with Crippen LogP contribution in [0, 0.1) is 0 Å². The van der Waals surface area contributed by atoms with Gasteiger partial charge in [-0.1, -0.05) is 255 Å². The third-order valence-electron chi connectivity index (χ3n) is 17.4. The average molecular weight is 964 g/mol. The fourth-order valence-electron chi connectivity index (χ4n) is 14.3. The number of anilines is 3. The first-order valence-corrected chi connectivity index (χ1v) is 26.7. The monoisotopic (exact) mass is 963 g/mol. The quantitative estimate of drug-likeness (QED) is 0.154. The molecule has 76 heavy (non-hydrogen) atoms. The molecule has 0 saturated heterocycles. The molecule has 0 fully saturated rings. The molecule has 1 nitrogen and oxygen atoms in total. The Morgan fingerprint density at radius 3 is 1.25 bits per heavy atom. The van der Waals surface area contributed by atoms with Crippen LogP contribution in [0.25, 0.3) is 66.8 Å². The van der Waals surface area contributed by atoms with Gasteiger partial charge in [-0.2, -0.15) is 0 Å². The summed E-state index contributed by atoms with van der Waals surface area (Å²) in [7, 11) is 0. The first kappa shape index (κ1) is 42.9. The molecule has 4 aliphatic carbocycles. The summed E-state index contributed by atoms with van der Waals surface area (Å²) in [4.78, 5) is 2.58. The minimum atomic E-state index is -0.598. The molecule has 0 saturated carbocycles. The molecular weight excluding hydrogens is 915 g/mol. The molecule has 16 rings (SSSR count). The van der Waals surface area contributed by atoms with Crippen LogP contribution in [0.4, 0.5) is 17.1 Å². The topological polar surface area (TPSA) is 3.24 Å². The van der Waals surface area contributed by atoms with Crippen molar-refractivity contribution in [3.05, 3.63) is 341 Å². The van der Waals surface area contributed by atoms with Gasteiger partial charge in [-0.25, -0.2) is 0 Å². The number of hydrogen-bond acceptors (Lipinski definition) is 1. The lowest BCUT2D eigenvalue weighted by Gasteiger charge is -2.35. The molecule has 354 valence electrons. The SMILES string of the molecule is c1ccc(-c2ccc(C3(c4ccc(-c5ccccc5)cc4)c4ccccc4-c4cc(N(c5ccc6c(c5)-c5ccccc5C6)c5cccc6c5-c5ccccc5C65c6ccccc6-c6ccccc65)ccc43)cc2)cc1. The maximum absolute atomic E-state index is 2.58. The second-order valence-electron chi connectivity index (χ2n) is 21.0. The van der Waals surface area contributed by atoms with Crippen LogP contribution >= 0.6 is 0 Å². The van der Waals surface area contributed by atoms with Crippen molar-refractivity contribution in [3.63, 3.8) is 0 Å². The first-order valence-electron chi connectivity index (χ1n) is 26.7. The summed E-state index contributed by atoms with van der Waals surface area (Å²) in [6.07, 6.45) is 0.942. The molecular formula is C75H49N. The summed E-state index contributed by atoms with van der Waals surface area (Å²) < 4.78 is 0. The van der Waals surface area contributed by atoms with Gasteiger partial charge < -0.3 is 4.90 Å². The van der Waals surface area contributed by atoms with Gasteiger partial charge in [-0.3, -0.25) is 0 Å². The third kappa shape index (κ3) is 5.91. The predicted octanol–water partition coefficient (Wildman–Crippen LogP) is 18.8. The van der Waals surface area contributed by atoms with Gasteiger partial charge >= 0.3 is 0 Å². The van der Waals surface area contributed by atoms with E-state index in [0.717, 1.165) is 17.8 Å². The summed E-state index contributed by atoms with van der Waals surface area (Å²) in [5, 5.41) is 0. The van der Waals surface area contributed by atoms with Gasteiger partial charge in [0, 0.05) is 16.9 Å². The average Bonchev–Trinajstić information content (AvgIpc) is 4.36. The lowest BCUT2D eigenvalue weighted by molar-refractivity contribution is 0.769. The highest BCUT2D eigenvalue weighted by molar-refractivity contribution is 6.02. The summed E-state index contributed by atoms with van der Waals surface area (Å²) in [5.41, 5.74) is 30.7. The fraction of sp³-hybridized carbons (Fsp3) is 0.0400. The van der Waals surface area contributed by atoms with Crippen LogP contribution in [0.5, 0.6) is 0 Å². The van der Waals surface area contributed by atoms with E-state index in [0.29, 0.717) is 0 Å². The molecule has 0 aromatic heterocycles. The number of rotatable bonds is 7. The Labute approximate surface area is 444 Å². The lowest BCUT2D eigenvalue weighted by atomic mass is 9.67. The van der Waals surface area contributed by atoms with Gasteiger partial charge in [0.1, 0.15) is 0 Å². The van der Waals surface area contributed by atoms with E-state index < -0.39 is 10.8 Å². The molecule has 0 aliphatic heterocycles.